The van der Waals surface area contributed by atoms with Crippen molar-refractivity contribution in [2.45, 2.75) is 238 Å². The highest BCUT2D eigenvalue weighted by Gasteiger charge is 2.26. The van der Waals surface area contributed by atoms with Gasteiger partial charge in [0.15, 0.2) is 6.10 Å². The van der Waals surface area contributed by atoms with E-state index in [1.165, 1.54) is 19.3 Å². The first-order valence-corrected chi connectivity index (χ1v) is 35.1. The number of hydrogen-bond donors (Lipinski definition) is 2. The number of ether oxygens (including phenoxy) is 2. The highest BCUT2D eigenvalue weighted by Crippen LogP contribution is 2.43. The van der Waals surface area contributed by atoms with Gasteiger partial charge in [-0.3, -0.25) is 18.6 Å². The van der Waals surface area contributed by atoms with Crippen molar-refractivity contribution in [3.63, 3.8) is 0 Å². The van der Waals surface area contributed by atoms with Crippen molar-refractivity contribution >= 4 is 19.8 Å². The Hall–Kier alpha value is -5.41. The molecule has 0 radical (unpaired) electrons. The average Bonchev–Trinajstić information content (AvgIpc) is 3.65. The van der Waals surface area contributed by atoms with Crippen LogP contribution in [0.5, 0.6) is 0 Å². The molecule has 0 aliphatic rings. The summed E-state index contributed by atoms with van der Waals surface area (Å²) in [5.74, 6) is -0.874. The van der Waals surface area contributed by atoms with E-state index in [1.807, 2.05) is 0 Å². The lowest BCUT2D eigenvalue weighted by Crippen LogP contribution is -2.29. The zero-order valence-corrected chi connectivity index (χ0v) is 55.3. The number of allylic oxidation sites excluding steroid dienone is 34. The summed E-state index contributed by atoms with van der Waals surface area (Å²) in [7, 11) is -4.42. The summed E-state index contributed by atoms with van der Waals surface area (Å²) in [5.41, 5.74) is 5.39. The third kappa shape index (κ3) is 69.6. The molecule has 0 aliphatic carbocycles. The zero-order valence-electron chi connectivity index (χ0n) is 54.4. The Morgan fingerprint density at radius 2 is 0.598 bits per heavy atom. The number of unbranched alkanes of at least 4 members (excludes halogenated alkanes) is 13. The summed E-state index contributed by atoms with van der Waals surface area (Å²) < 4.78 is 33.1. The smallest absolute Gasteiger partial charge is 0.462 e. The van der Waals surface area contributed by atoms with Gasteiger partial charge in [-0.1, -0.05) is 278 Å². The molecule has 0 spiro atoms. The van der Waals surface area contributed by atoms with Crippen LogP contribution in [0.25, 0.3) is 0 Å². The fourth-order valence-corrected chi connectivity index (χ4v) is 9.06. The Bertz CT molecular complexity index is 2180. The van der Waals surface area contributed by atoms with E-state index in [0.29, 0.717) is 12.8 Å². The number of rotatable bonds is 60. The van der Waals surface area contributed by atoms with E-state index in [0.717, 1.165) is 173 Å². The SMILES string of the molecule is CC/C=C\C/C=C\C/C=C\C/C=C\C/C=C\C/C=C\C/C=C\C/C=C\C/C=C\C/C=C\CCCCCCCCC(=O)OC(COC(=O)CCCCCCCCC/C=C\C/C=C\C/C=C\C/C=C\C/C=C\C/C=C\C/C=C\CC)COP(=O)(O)OCCN. The molecule has 0 saturated carbocycles. The molecule has 2 atom stereocenters. The summed E-state index contributed by atoms with van der Waals surface area (Å²) in [6.45, 7) is 3.46. The molecule has 0 rings (SSSR count). The lowest BCUT2D eigenvalue weighted by Gasteiger charge is -2.19. The second kappa shape index (κ2) is 69.7. The van der Waals surface area contributed by atoms with Gasteiger partial charge in [0.25, 0.3) is 0 Å². The van der Waals surface area contributed by atoms with Crippen LogP contribution in [-0.4, -0.2) is 49.3 Å². The maximum absolute atomic E-state index is 12.8. The van der Waals surface area contributed by atoms with E-state index >= 15 is 0 Å². The molecule has 10 heteroatoms. The van der Waals surface area contributed by atoms with Crippen molar-refractivity contribution in [1.29, 1.82) is 0 Å². The van der Waals surface area contributed by atoms with E-state index < -0.39 is 32.5 Å². The van der Waals surface area contributed by atoms with Gasteiger partial charge in [-0.15, -0.1) is 0 Å². The molecule has 486 valence electrons. The zero-order chi connectivity index (χ0) is 63.0. The Labute approximate surface area is 531 Å². The first-order chi connectivity index (χ1) is 42.8. The highest BCUT2D eigenvalue weighted by atomic mass is 31.2. The van der Waals surface area contributed by atoms with Crippen LogP contribution >= 0.6 is 7.82 Å². The quantitative estimate of drug-likeness (QED) is 0.0264. The molecule has 2 unspecified atom stereocenters. The predicted molar refractivity (Wildman–Crippen MR) is 375 cm³/mol. The van der Waals surface area contributed by atoms with Gasteiger partial charge in [0.2, 0.25) is 0 Å². The molecule has 9 nitrogen and oxygen atoms in total. The number of carbonyl (C=O) groups excluding carboxylic acids is 2. The number of hydrogen-bond acceptors (Lipinski definition) is 8. The Balaban J connectivity index is 4.07. The number of phosphoric ester groups is 1. The molecule has 0 bridgehead atoms. The second-order valence-electron chi connectivity index (χ2n) is 21.2. The Kier molecular flexibility index (Phi) is 65.4. The van der Waals surface area contributed by atoms with Gasteiger partial charge >= 0.3 is 19.8 Å². The molecule has 0 amide bonds. The van der Waals surface area contributed by atoms with Crippen molar-refractivity contribution in [2.75, 3.05) is 26.4 Å². The molecule has 0 fully saturated rings. The number of carbonyl (C=O) groups is 2. The lowest BCUT2D eigenvalue weighted by atomic mass is 10.1. The van der Waals surface area contributed by atoms with Gasteiger partial charge in [-0.25, -0.2) is 4.57 Å². The van der Waals surface area contributed by atoms with Crippen LogP contribution in [0, 0.1) is 0 Å². The number of esters is 2. The minimum absolute atomic E-state index is 0.0373. The van der Waals surface area contributed by atoms with Crippen LogP contribution in [-0.2, 0) is 32.7 Å². The summed E-state index contributed by atoms with van der Waals surface area (Å²) >= 11 is 0. The van der Waals surface area contributed by atoms with Crippen LogP contribution in [0.4, 0.5) is 0 Å². The van der Waals surface area contributed by atoms with Gasteiger partial charge in [-0.05, 0) is 148 Å². The standard InChI is InChI=1S/C77H120NO8P/c1-3-5-7-9-11-13-15-17-19-21-23-25-27-29-31-33-34-35-36-37-38-39-40-42-44-46-48-50-52-54-56-58-60-62-64-66-68-70-77(80)86-75(74-85-87(81,82)84-72-71-78)73-83-76(79)69-67-65-63-61-59-57-55-53-51-49-47-45-43-41-32-30-28-26-24-22-20-18-16-14-12-10-8-6-4-2/h5-8,11-14,17-20,23-26,29-32,34-35,37-38,40,42-43,45-46,48-49,51-52,54,75H,3-4,9-10,15-16,21-22,27-28,33,36,39,41,44,47,50,53,55-74,78H2,1-2H3,(H,81,82)/b7-5-,8-6-,13-11-,14-12-,19-17-,20-18-,25-23-,26-24-,31-29-,32-30-,35-34-,38-37-,42-40-,45-43-,48-46-,51-49-,54-52-. The minimum Gasteiger partial charge on any atom is -0.462 e. The van der Waals surface area contributed by atoms with Crippen LogP contribution in [0.15, 0.2) is 207 Å². The van der Waals surface area contributed by atoms with E-state index in [4.69, 9.17) is 24.3 Å². The van der Waals surface area contributed by atoms with Gasteiger partial charge in [0.1, 0.15) is 6.61 Å². The third-order valence-electron chi connectivity index (χ3n) is 13.2. The third-order valence-corrected chi connectivity index (χ3v) is 14.1. The molecular formula is C77H120NO8P. The minimum atomic E-state index is -4.42. The van der Waals surface area contributed by atoms with Crippen molar-refractivity contribution in [1.82, 2.24) is 0 Å². The van der Waals surface area contributed by atoms with Crippen LogP contribution in [0.1, 0.15) is 232 Å². The maximum atomic E-state index is 12.8. The van der Waals surface area contributed by atoms with E-state index in [-0.39, 0.29) is 32.6 Å². The van der Waals surface area contributed by atoms with Gasteiger partial charge in [0, 0.05) is 19.4 Å². The topological polar surface area (TPSA) is 134 Å². The van der Waals surface area contributed by atoms with E-state index in [9.17, 15) is 19.0 Å². The molecule has 0 heterocycles. The predicted octanol–water partition coefficient (Wildman–Crippen LogP) is 22.3. The summed E-state index contributed by atoms with van der Waals surface area (Å²) in [6, 6.07) is 0. The fourth-order valence-electron chi connectivity index (χ4n) is 8.29. The van der Waals surface area contributed by atoms with E-state index in [1.54, 1.807) is 0 Å². The molecule has 0 aromatic rings. The Morgan fingerprint density at radius 3 is 0.885 bits per heavy atom. The van der Waals surface area contributed by atoms with Crippen LogP contribution in [0.3, 0.4) is 0 Å². The van der Waals surface area contributed by atoms with Crippen molar-refractivity contribution < 1.29 is 37.6 Å². The fraction of sp³-hybridized carbons (Fsp3) is 0.532. The first kappa shape index (κ1) is 81.6. The van der Waals surface area contributed by atoms with Crippen molar-refractivity contribution in [3.05, 3.63) is 207 Å². The van der Waals surface area contributed by atoms with Crippen LogP contribution < -0.4 is 5.73 Å². The summed E-state index contributed by atoms with van der Waals surface area (Å²) in [6.07, 6.45) is 107. The second-order valence-corrected chi connectivity index (χ2v) is 22.7. The summed E-state index contributed by atoms with van der Waals surface area (Å²) in [5, 5.41) is 0. The monoisotopic (exact) mass is 1220 g/mol. The molecule has 0 aromatic carbocycles. The van der Waals surface area contributed by atoms with Gasteiger partial charge < -0.3 is 20.1 Å². The Morgan fingerprint density at radius 1 is 0.345 bits per heavy atom. The molecule has 87 heavy (non-hydrogen) atoms. The molecular weight excluding hydrogens is 1100 g/mol. The van der Waals surface area contributed by atoms with Crippen molar-refractivity contribution in [2.24, 2.45) is 5.73 Å². The normalized spacial score (nSPS) is 14.3. The first-order valence-electron chi connectivity index (χ1n) is 33.6. The number of nitrogens with two attached hydrogens (primary N) is 1. The molecule has 0 aromatic heterocycles. The highest BCUT2D eigenvalue weighted by molar-refractivity contribution is 7.47. The molecule has 3 N–H and O–H groups in total. The van der Waals surface area contributed by atoms with Crippen molar-refractivity contribution in [3.8, 4) is 0 Å². The molecule has 0 saturated heterocycles. The number of phosphoric acid groups is 1. The van der Waals surface area contributed by atoms with Crippen LogP contribution in [0.2, 0.25) is 0 Å². The summed E-state index contributed by atoms with van der Waals surface area (Å²) in [4.78, 5) is 35.3. The molecule has 0 aliphatic heterocycles. The lowest BCUT2D eigenvalue weighted by molar-refractivity contribution is -0.161. The van der Waals surface area contributed by atoms with Gasteiger partial charge in [0.05, 0.1) is 13.2 Å². The van der Waals surface area contributed by atoms with E-state index in [2.05, 4.69) is 220 Å². The average molecular weight is 1220 g/mol. The van der Waals surface area contributed by atoms with Gasteiger partial charge in [-0.2, -0.15) is 0 Å². The largest absolute Gasteiger partial charge is 0.472 e. The maximum Gasteiger partial charge on any atom is 0.472 e.